The third-order valence-electron chi connectivity index (χ3n) is 12.3. The van der Waals surface area contributed by atoms with Gasteiger partial charge in [-0.25, -0.2) is 0 Å². The van der Waals surface area contributed by atoms with E-state index < -0.39 is 0 Å². The molecule has 0 aliphatic rings. The molecule has 2 nitrogen and oxygen atoms in total. The second kappa shape index (κ2) is 13.9. The van der Waals surface area contributed by atoms with Crippen LogP contribution in [0, 0.1) is 0 Å². The molecule has 12 aromatic rings. The van der Waals surface area contributed by atoms with Crippen molar-refractivity contribution in [1.82, 2.24) is 0 Å². The van der Waals surface area contributed by atoms with Gasteiger partial charge in [0.2, 0.25) is 0 Å². The van der Waals surface area contributed by atoms with Crippen molar-refractivity contribution in [1.29, 1.82) is 0 Å². The molecule has 0 saturated carbocycles. The number of furan rings is 1. The number of rotatable bonds is 6. The van der Waals surface area contributed by atoms with Gasteiger partial charge < -0.3 is 9.32 Å². The van der Waals surface area contributed by atoms with E-state index in [0.717, 1.165) is 55.5 Å². The van der Waals surface area contributed by atoms with Gasteiger partial charge in [0.25, 0.3) is 0 Å². The maximum atomic E-state index is 6.69. The molecule has 0 unspecified atom stereocenters. The van der Waals surface area contributed by atoms with Crippen LogP contribution >= 0.6 is 0 Å². The molecule has 280 valence electrons. The fourth-order valence-electron chi connectivity index (χ4n) is 9.47. The zero-order valence-electron chi connectivity index (χ0n) is 32.7. The first-order valence-electron chi connectivity index (χ1n) is 20.6. The molecule has 0 N–H and O–H groups in total. The Balaban J connectivity index is 1.06. The average Bonchev–Trinajstić information content (AvgIpc) is 3.72. The normalized spacial score (nSPS) is 11.7. The summed E-state index contributed by atoms with van der Waals surface area (Å²) in [6, 6.07) is 81.3. The summed E-state index contributed by atoms with van der Waals surface area (Å²) in [6.45, 7) is 0. The molecule has 2 heteroatoms. The van der Waals surface area contributed by atoms with E-state index >= 15 is 0 Å². The molecule has 60 heavy (non-hydrogen) atoms. The van der Waals surface area contributed by atoms with Crippen LogP contribution in [0.4, 0.5) is 17.1 Å². The Morgan fingerprint density at radius 1 is 0.300 bits per heavy atom. The van der Waals surface area contributed by atoms with Crippen LogP contribution in [0.15, 0.2) is 229 Å². The molecule has 1 heterocycles. The summed E-state index contributed by atoms with van der Waals surface area (Å²) in [5, 5.41) is 12.0. The highest BCUT2D eigenvalue weighted by Crippen LogP contribution is 2.47. The largest absolute Gasteiger partial charge is 0.455 e. The topological polar surface area (TPSA) is 16.4 Å². The smallest absolute Gasteiger partial charge is 0.143 e. The van der Waals surface area contributed by atoms with Crippen LogP contribution in [-0.2, 0) is 0 Å². The summed E-state index contributed by atoms with van der Waals surface area (Å²) in [6.07, 6.45) is 0. The molecule has 0 aliphatic heterocycles. The maximum Gasteiger partial charge on any atom is 0.143 e. The van der Waals surface area contributed by atoms with Gasteiger partial charge in [0.1, 0.15) is 11.2 Å². The third-order valence-corrected chi connectivity index (χ3v) is 12.3. The Hall–Kier alpha value is -7.94. The lowest BCUT2D eigenvalue weighted by Crippen LogP contribution is -2.11. The highest BCUT2D eigenvalue weighted by atomic mass is 16.3. The van der Waals surface area contributed by atoms with Crippen LogP contribution in [-0.4, -0.2) is 0 Å². The Kier molecular flexibility index (Phi) is 7.89. The predicted molar refractivity (Wildman–Crippen MR) is 255 cm³/mol. The van der Waals surface area contributed by atoms with Crippen molar-refractivity contribution in [2.24, 2.45) is 0 Å². The highest BCUT2D eigenvalue weighted by Gasteiger charge is 2.22. The number of para-hydroxylation sites is 1. The molecule has 11 aromatic carbocycles. The van der Waals surface area contributed by atoms with E-state index in [0.29, 0.717) is 0 Å². The molecule has 1 aromatic heterocycles. The van der Waals surface area contributed by atoms with Crippen LogP contribution in [0.25, 0.3) is 98.4 Å². The van der Waals surface area contributed by atoms with Gasteiger partial charge in [-0.2, -0.15) is 0 Å². The first-order chi connectivity index (χ1) is 29.8. The van der Waals surface area contributed by atoms with E-state index in [1.165, 1.54) is 60.0 Å². The Labute approximate surface area is 347 Å². The summed E-state index contributed by atoms with van der Waals surface area (Å²) in [7, 11) is 0. The monoisotopic (exact) mass is 763 g/mol. The lowest BCUT2D eigenvalue weighted by atomic mass is 9.94. The minimum absolute atomic E-state index is 0.880. The minimum Gasteiger partial charge on any atom is -0.455 e. The lowest BCUT2D eigenvalue weighted by Gasteiger charge is -2.29. The molecule has 0 bridgehead atoms. The SMILES string of the molecule is c1cc(-c2cccc3ccccc23)cc(N(c2ccc(-c3cccc4c3ccc3ccccc34)cc2)c2ccccc2-c2cccc3oc4c5ccccc5ccc4c23)c1. The van der Waals surface area contributed by atoms with Gasteiger partial charge in [-0.1, -0.05) is 182 Å². The van der Waals surface area contributed by atoms with E-state index in [-0.39, 0.29) is 0 Å². The summed E-state index contributed by atoms with van der Waals surface area (Å²) in [4.78, 5) is 2.42. The van der Waals surface area contributed by atoms with Gasteiger partial charge in [-0.15, -0.1) is 0 Å². The standard InChI is InChI=1S/C58H37NO/c1-4-19-45-38(13-1)16-10-23-48(45)42-17-9-18-44(37-42)59(43-33-29-41(30-34-43)47-24-11-25-50-46-20-5-2-14-39(46)31-35-51(47)50)55-27-8-7-22-52(55)53-26-12-28-56-57(53)54-36-32-40-15-3-6-21-49(40)58(54)60-56/h1-37H. The Morgan fingerprint density at radius 2 is 0.867 bits per heavy atom. The highest BCUT2D eigenvalue weighted by molar-refractivity contribution is 6.20. The molecule has 12 rings (SSSR count). The Morgan fingerprint density at radius 3 is 1.70 bits per heavy atom. The number of nitrogens with zero attached hydrogens (tertiary/aromatic N) is 1. The van der Waals surface area contributed by atoms with Crippen molar-refractivity contribution in [3.8, 4) is 33.4 Å². The number of fused-ring (bicyclic) bond motifs is 9. The zero-order valence-corrected chi connectivity index (χ0v) is 32.7. The van der Waals surface area contributed by atoms with Gasteiger partial charge in [0, 0.05) is 33.1 Å². The maximum absolute atomic E-state index is 6.69. The number of hydrogen-bond donors (Lipinski definition) is 0. The quantitative estimate of drug-likeness (QED) is 0.157. The fraction of sp³-hybridized carbons (Fsp3) is 0. The molecular formula is C58H37NO. The van der Waals surface area contributed by atoms with Crippen molar-refractivity contribution in [2.45, 2.75) is 0 Å². The molecule has 0 atom stereocenters. The first-order valence-corrected chi connectivity index (χ1v) is 20.6. The molecule has 0 aliphatic carbocycles. The van der Waals surface area contributed by atoms with Gasteiger partial charge >= 0.3 is 0 Å². The first kappa shape index (κ1) is 34.1. The van der Waals surface area contributed by atoms with E-state index in [1.807, 2.05) is 0 Å². The zero-order chi connectivity index (χ0) is 39.6. The van der Waals surface area contributed by atoms with Gasteiger partial charge in [-0.3, -0.25) is 0 Å². The van der Waals surface area contributed by atoms with E-state index in [4.69, 9.17) is 4.42 Å². The van der Waals surface area contributed by atoms with Gasteiger partial charge in [0.05, 0.1) is 5.69 Å². The van der Waals surface area contributed by atoms with Crippen molar-refractivity contribution in [3.05, 3.63) is 224 Å². The summed E-state index contributed by atoms with van der Waals surface area (Å²) in [5.41, 5.74) is 12.1. The molecule has 0 fully saturated rings. The van der Waals surface area contributed by atoms with Crippen molar-refractivity contribution in [3.63, 3.8) is 0 Å². The van der Waals surface area contributed by atoms with Crippen LogP contribution in [0.3, 0.4) is 0 Å². The molecular weight excluding hydrogens is 727 g/mol. The summed E-state index contributed by atoms with van der Waals surface area (Å²) >= 11 is 0. The molecule has 0 radical (unpaired) electrons. The van der Waals surface area contributed by atoms with Crippen LogP contribution in [0.5, 0.6) is 0 Å². The average molecular weight is 764 g/mol. The second-order valence-corrected chi connectivity index (χ2v) is 15.6. The number of benzene rings is 11. The van der Waals surface area contributed by atoms with Crippen molar-refractivity contribution in [2.75, 3.05) is 4.90 Å². The van der Waals surface area contributed by atoms with E-state index in [1.54, 1.807) is 0 Å². The van der Waals surface area contributed by atoms with Crippen LogP contribution < -0.4 is 4.90 Å². The molecule has 0 saturated heterocycles. The van der Waals surface area contributed by atoms with Crippen molar-refractivity contribution >= 4 is 82.1 Å². The summed E-state index contributed by atoms with van der Waals surface area (Å²) in [5.74, 6) is 0. The molecule has 0 spiro atoms. The summed E-state index contributed by atoms with van der Waals surface area (Å²) < 4.78 is 6.69. The fourth-order valence-corrected chi connectivity index (χ4v) is 9.47. The third kappa shape index (κ3) is 5.50. The van der Waals surface area contributed by atoms with E-state index in [2.05, 4.69) is 229 Å². The number of anilines is 3. The lowest BCUT2D eigenvalue weighted by molar-refractivity contribution is 0.673. The van der Waals surface area contributed by atoms with Crippen LogP contribution in [0.1, 0.15) is 0 Å². The second-order valence-electron chi connectivity index (χ2n) is 15.6. The molecule has 0 amide bonds. The van der Waals surface area contributed by atoms with Gasteiger partial charge in [0.15, 0.2) is 0 Å². The van der Waals surface area contributed by atoms with Crippen LogP contribution in [0.2, 0.25) is 0 Å². The predicted octanol–water partition coefficient (Wildman–Crippen LogP) is 16.7. The van der Waals surface area contributed by atoms with Gasteiger partial charge in [-0.05, 0) is 108 Å². The van der Waals surface area contributed by atoms with E-state index in [9.17, 15) is 0 Å². The number of hydrogen-bond acceptors (Lipinski definition) is 2. The van der Waals surface area contributed by atoms with Crippen molar-refractivity contribution < 1.29 is 4.42 Å². The Bertz CT molecular complexity index is 3610. The minimum atomic E-state index is 0.880.